The van der Waals surface area contributed by atoms with Crippen LogP contribution in [0.4, 0.5) is 0 Å². The monoisotopic (exact) mass is 152 g/mol. The van der Waals surface area contributed by atoms with Crippen molar-refractivity contribution in [2.24, 2.45) is 0 Å². The predicted molar refractivity (Wildman–Crippen MR) is 53.9 cm³/mol. The number of benzene rings is 1. The Hall–Kier alpha value is -0.650. The molecule has 0 N–H and O–H groups in total. The largest absolute Gasteiger partial charge is 0.114 e. The van der Waals surface area contributed by atoms with Crippen LogP contribution in [0.15, 0.2) is 12.1 Å². The maximum absolute atomic E-state index is 5.86. The molecule has 0 heterocycles. The van der Waals surface area contributed by atoms with Crippen LogP contribution in [0.25, 0.3) is 0 Å². The van der Waals surface area contributed by atoms with Crippen LogP contribution < -0.4 is 10.9 Å². The summed E-state index contributed by atoms with van der Waals surface area (Å²) in [7, 11) is 11.6. The van der Waals surface area contributed by atoms with Crippen molar-refractivity contribution in [1.82, 2.24) is 0 Å². The van der Waals surface area contributed by atoms with E-state index in [1.807, 2.05) is 6.07 Å². The Kier molecular flexibility index (Phi) is 2.00. The van der Waals surface area contributed by atoms with E-state index in [9.17, 15) is 0 Å². The lowest BCUT2D eigenvalue weighted by atomic mass is 9.77. The third-order valence-corrected chi connectivity index (χ3v) is 2.52. The van der Waals surface area contributed by atoms with Crippen LogP contribution in [-0.4, -0.2) is 15.7 Å². The lowest BCUT2D eigenvalue weighted by molar-refractivity contribution is 0.689. The minimum absolute atomic E-state index is 0.799. The first-order valence-corrected chi connectivity index (χ1v) is 4.44. The van der Waals surface area contributed by atoms with E-state index in [-0.39, 0.29) is 0 Å². The Morgan fingerprint density at radius 1 is 1.00 bits per heavy atom. The maximum atomic E-state index is 5.86. The summed E-state index contributed by atoms with van der Waals surface area (Å²) in [6, 6.07) is 3.93. The molecule has 12 heavy (non-hydrogen) atoms. The molecule has 56 valence electrons. The van der Waals surface area contributed by atoms with Gasteiger partial charge in [-0.3, -0.25) is 0 Å². The van der Waals surface area contributed by atoms with Crippen LogP contribution in [0.1, 0.15) is 24.0 Å². The second-order valence-corrected chi connectivity index (χ2v) is 3.45. The first kappa shape index (κ1) is 7.97. The van der Waals surface area contributed by atoms with E-state index in [0.717, 1.165) is 23.8 Å². The smallest absolute Gasteiger partial charge is 0.0970 e. The molecule has 4 radical (unpaired) electrons. The molecule has 0 bridgehead atoms. The van der Waals surface area contributed by atoms with Gasteiger partial charge in [0.2, 0.25) is 0 Å². The van der Waals surface area contributed by atoms with Crippen LogP contribution in [-0.2, 0) is 12.8 Å². The normalized spacial score (nSPS) is 15.7. The molecule has 1 aliphatic carbocycles. The van der Waals surface area contributed by atoms with Gasteiger partial charge in [0, 0.05) is 0 Å². The molecule has 2 heteroatoms. The van der Waals surface area contributed by atoms with Crippen LogP contribution in [0.3, 0.4) is 0 Å². The van der Waals surface area contributed by atoms with Crippen molar-refractivity contribution < 1.29 is 0 Å². The summed E-state index contributed by atoms with van der Waals surface area (Å²) in [6.45, 7) is 0. The second kappa shape index (κ2) is 3.01. The Bertz CT molecular complexity index is 305. The van der Waals surface area contributed by atoms with E-state index < -0.39 is 0 Å². The average Bonchev–Trinajstić information content (AvgIpc) is 2.04. The van der Waals surface area contributed by atoms with Gasteiger partial charge in [-0.05, 0) is 31.2 Å². The Morgan fingerprint density at radius 2 is 1.75 bits per heavy atom. The van der Waals surface area contributed by atoms with Gasteiger partial charge in [0.25, 0.3) is 0 Å². The molecule has 0 nitrogen and oxygen atoms in total. The summed E-state index contributed by atoms with van der Waals surface area (Å²) in [5.74, 6) is 0. The van der Waals surface area contributed by atoms with Gasteiger partial charge in [-0.2, -0.15) is 0 Å². The maximum Gasteiger partial charge on any atom is 0.114 e. The predicted octanol–water partition coefficient (Wildman–Crippen LogP) is 0.153. The second-order valence-electron chi connectivity index (χ2n) is 3.45. The Balaban J connectivity index is 2.53. The van der Waals surface area contributed by atoms with E-state index in [1.165, 1.54) is 24.0 Å². The van der Waals surface area contributed by atoms with E-state index in [1.54, 1.807) is 0 Å². The first-order valence-electron chi connectivity index (χ1n) is 4.44. The number of aryl methyl sites for hydroxylation is 1. The summed E-state index contributed by atoms with van der Waals surface area (Å²) in [4.78, 5) is 0. The van der Waals surface area contributed by atoms with Crippen molar-refractivity contribution in [3.8, 4) is 0 Å². The lowest BCUT2D eigenvalue weighted by Crippen LogP contribution is -2.23. The molecule has 0 aliphatic heterocycles. The third-order valence-electron chi connectivity index (χ3n) is 2.52. The zero-order valence-electron chi connectivity index (χ0n) is 7.14. The summed E-state index contributed by atoms with van der Waals surface area (Å²) < 4.78 is 0. The number of hydrogen-bond acceptors (Lipinski definition) is 0. The molecule has 0 spiro atoms. The molecular weight excluding hydrogens is 142 g/mol. The van der Waals surface area contributed by atoms with Crippen molar-refractivity contribution >= 4 is 26.6 Å². The standard InChI is InChI=1S/C10H10B2/c11-8-5-7-3-1-2-4-9(7)10(12)6-8/h5-6H,1-4H2. The van der Waals surface area contributed by atoms with Crippen LogP contribution in [0.2, 0.25) is 0 Å². The first-order chi connectivity index (χ1) is 5.77. The minimum atomic E-state index is 0.799. The van der Waals surface area contributed by atoms with Gasteiger partial charge in [0.05, 0.1) is 0 Å². The van der Waals surface area contributed by atoms with Gasteiger partial charge in [0.15, 0.2) is 0 Å². The van der Waals surface area contributed by atoms with Crippen LogP contribution in [0.5, 0.6) is 0 Å². The SMILES string of the molecule is [B]c1cc([B])c2c(c1)CCCC2. The van der Waals surface area contributed by atoms with Crippen molar-refractivity contribution in [1.29, 1.82) is 0 Å². The lowest BCUT2D eigenvalue weighted by Gasteiger charge is -2.19. The molecule has 1 aromatic rings. The zero-order chi connectivity index (χ0) is 8.55. The van der Waals surface area contributed by atoms with Gasteiger partial charge in [-0.1, -0.05) is 28.6 Å². The fourth-order valence-electron chi connectivity index (χ4n) is 1.93. The molecule has 1 aliphatic rings. The van der Waals surface area contributed by atoms with Crippen molar-refractivity contribution in [3.63, 3.8) is 0 Å². The summed E-state index contributed by atoms with van der Waals surface area (Å²) >= 11 is 0. The van der Waals surface area contributed by atoms with E-state index in [0.29, 0.717) is 0 Å². The molecule has 0 amide bonds. The Labute approximate surface area is 76.2 Å². The van der Waals surface area contributed by atoms with Gasteiger partial charge in [-0.25, -0.2) is 0 Å². The molecule has 2 rings (SSSR count). The molecule has 0 fully saturated rings. The van der Waals surface area contributed by atoms with Crippen molar-refractivity contribution in [3.05, 3.63) is 23.3 Å². The quantitative estimate of drug-likeness (QED) is 0.464. The highest BCUT2D eigenvalue weighted by molar-refractivity contribution is 6.38. The van der Waals surface area contributed by atoms with Gasteiger partial charge in [0.1, 0.15) is 15.7 Å². The summed E-state index contributed by atoms with van der Waals surface area (Å²) in [5.41, 5.74) is 4.37. The number of hydrogen-bond donors (Lipinski definition) is 0. The molecule has 0 saturated carbocycles. The zero-order valence-corrected chi connectivity index (χ0v) is 7.14. The molecule has 0 saturated heterocycles. The fourth-order valence-corrected chi connectivity index (χ4v) is 1.93. The van der Waals surface area contributed by atoms with Crippen molar-refractivity contribution in [2.45, 2.75) is 25.7 Å². The van der Waals surface area contributed by atoms with Crippen molar-refractivity contribution in [2.75, 3.05) is 0 Å². The highest BCUT2D eigenvalue weighted by atomic mass is 14.1. The molecule has 0 unspecified atom stereocenters. The van der Waals surface area contributed by atoms with E-state index >= 15 is 0 Å². The molecular formula is C10H10B2. The topological polar surface area (TPSA) is 0 Å². The van der Waals surface area contributed by atoms with Gasteiger partial charge < -0.3 is 0 Å². The summed E-state index contributed by atoms with van der Waals surface area (Å²) in [5, 5.41) is 0. The van der Waals surface area contributed by atoms with Crippen LogP contribution >= 0.6 is 0 Å². The highest BCUT2D eigenvalue weighted by Crippen LogP contribution is 2.17. The molecule has 0 atom stereocenters. The fraction of sp³-hybridized carbons (Fsp3) is 0.400. The average molecular weight is 152 g/mol. The molecule has 1 aromatic carbocycles. The van der Waals surface area contributed by atoms with Gasteiger partial charge in [-0.15, -0.1) is 0 Å². The van der Waals surface area contributed by atoms with E-state index in [4.69, 9.17) is 15.7 Å². The third kappa shape index (κ3) is 1.31. The Morgan fingerprint density at radius 3 is 2.58 bits per heavy atom. The van der Waals surface area contributed by atoms with Gasteiger partial charge >= 0.3 is 0 Å². The van der Waals surface area contributed by atoms with E-state index in [2.05, 4.69) is 6.07 Å². The highest BCUT2D eigenvalue weighted by Gasteiger charge is 2.10. The number of rotatable bonds is 0. The summed E-state index contributed by atoms with van der Waals surface area (Å²) in [6.07, 6.45) is 4.81. The van der Waals surface area contributed by atoms with Crippen LogP contribution in [0, 0.1) is 0 Å². The minimum Gasteiger partial charge on any atom is -0.0970 e. The molecule has 0 aromatic heterocycles. The number of fused-ring (bicyclic) bond motifs is 1.